The highest BCUT2D eigenvalue weighted by Gasteiger charge is 2.32. The van der Waals surface area contributed by atoms with Gasteiger partial charge in [0, 0.05) is 29.8 Å². The summed E-state index contributed by atoms with van der Waals surface area (Å²) in [6, 6.07) is 13.4. The Balaban J connectivity index is 1.45. The van der Waals surface area contributed by atoms with Crippen LogP contribution in [0, 0.1) is 0 Å². The molecule has 0 radical (unpaired) electrons. The summed E-state index contributed by atoms with van der Waals surface area (Å²) < 4.78 is 1.86. The molecule has 5 rings (SSSR count). The van der Waals surface area contributed by atoms with Crippen molar-refractivity contribution >= 4 is 11.6 Å². The lowest BCUT2D eigenvalue weighted by Crippen LogP contribution is -2.36. The maximum atomic E-state index is 14.1. The van der Waals surface area contributed by atoms with Crippen molar-refractivity contribution in [3.05, 3.63) is 101 Å². The van der Waals surface area contributed by atoms with Crippen molar-refractivity contribution in [3.63, 3.8) is 0 Å². The second-order valence-electron chi connectivity index (χ2n) is 9.72. The number of aromatic nitrogens is 4. The van der Waals surface area contributed by atoms with E-state index < -0.39 is 0 Å². The van der Waals surface area contributed by atoms with E-state index in [2.05, 4.69) is 28.9 Å². The van der Waals surface area contributed by atoms with Crippen LogP contribution in [0.4, 0.5) is 5.69 Å². The van der Waals surface area contributed by atoms with Crippen LogP contribution >= 0.6 is 0 Å². The van der Waals surface area contributed by atoms with Crippen molar-refractivity contribution in [3.8, 4) is 5.75 Å². The van der Waals surface area contributed by atoms with Crippen LogP contribution in [0.3, 0.4) is 0 Å². The third-order valence-corrected chi connectivity index (χ3v) is 6.82. The van der Waals surface area contributed by atoms with Crippen LogP contribution in [-0.4, -0.2) is 30.8 Å². The molecular formula is C29H31N5O2. The van der Waals surface area contributed by atoms with Gasteiger partial charge in [0.25, 0.3) is 0 Å². The van der Waals surface area contributed by atoms with Crippen molar-refractivity contribution in [2.24, 2.45) is 0 Å². The number of hydrogen-bond donors (Lipinski definition) is 1. The molecule has 1 aliphatic carbocycles. The molecule has 3 aromatic heterocycles. The summed E-state index contributed by atoms with van der Waals surface area (Å²) >= 11 is 0. The highest BCUT2D eigenvalue weighted by Crippen LogP contribution is 2.38. The standard InChI is InChI=1S/C29H31N5O2/c1-20(2)27-12-11-23(16-31-27)34(19-22-15-32-33(18-22)17-21-6-5-13-30-14-21)29(36)26-9-3-8-25-24(26)7-4-10-28(25)35/h4-7,10-16,18,20,26,35H,3,8-9,17,19H2,1-2H3. The molecular weight excluding hydrogens is 450 g/mol. The first-order valence-electron chi connectivity index (χ1n) is 12.5. The fourth-order valence-electron chi connectivity index (χ4n) is 4.90. The van der Waals surface area contributed by atoms with Crippen LogP contribution in [0.1, 0.15) is 66.5 Å². The predicted molar refractivity (Wildman–Crippen MR) is 139 cm³/mol. The van der Waals surface area contributed by atoms with E-state index in [9.17, 15) is 9.90 Å². The summed E-state index contributed by atoms with van der Waals surface area (Å²) in [5.41, 5.74) is 5.56. The summed E-state index contributed by atoms with van der Waals surface area (Å²) in [6.45, 7) is 5.21. The monoisotopic (exact) mass is 481 g/mol. The summed E-state index contributed by atoms with van der Waals surface area (Å²) in [6.07, 6.45) is 11.6. The molecule has 1 atom stereocenters. The molecule has 0 aliphatic heterocycles. The molecule has 0 bridgehead atoms. The van der Waals surface area contributed by atoms with Crippen LogP contribution in [0.15, 0.2) is 73.4 Å². The van der Waals surface area contributed by atoms with E-state index in [4.69, 9.17) is 0 Å². The number of aromatic hydroxyl groups is 1. The molecule has 184 valence electrons. The molecule has 1 aromatic carbocycles. The third-order valence-electron chi connectivity index (χ3n) is 6.82. The number of amides is 1. The smallest absolute Gasteiger partial charge is 0.234 e. The Morgan fingerprint density at radius 2 is 2.00 bits per heavy atom. The molecule has 1 aliphatic rings. The molecule has 0 saturated heterocycles. The van der Waals surface area contributed by atoms with E-state index in [1.165, 1.54) is 0 Å². The minimum Gasteiger partial charge on any atom is -0.508 e. The minimum absolute atomic E-state index is 0.0145. The Bertz CT molecular complexity index is 1330. The van der Waals surface area contributed by atoms with Gasteiger partial charge < -0.3 is 10.0 Å². The zero-order valence-corrected chi connectivity index (χ0v) is 20.7. The second kappa shape index (κ2) is 10.3. The Labute approximate surface area is 211 Å². The van der Waals surface area contributed by atoms with E-state index in [-0.39, 0.29) is 17.6 Å². The van der Waals surface area contributed by atoms with Gasteiger partial charge in [-0.3, -0.25) is 19.4 Å². The second-order valence-corrected chi connectivity index (χ2v) is 9.72. The maximum Gasteiger partial charge on any atom is 0.234 e. The van der Waals surface area contributed by atoms with Crippen molar-refractivity contribution in [1.29, 1.82) is 0 Å². The largest absolute Gasteiger partial charge is 0.508 e. The minimum atomic E-state index is -0.309. The van der Waals surface area contributed by atoms with Gasteiger partial charge in [-0.15, -0.1) is 0 Å². The van der Waals surface area contributed by atoms with Gasteiger partial charge >= 0.3 is 0 Å². The predicted octanol–water partition coefficient (Wildman–Crippen LogP) is 5.20. The first-order chi connectivity index (χ1) is 17.5. The molecule has 7 nitrogen and oxygen atoms in total. The summed E-state index contributed by atoms with van der Waals surface area (Å²) in [4.78, 5) is 24.7. The van der Waals surface area contributed by atoms with Crippen molar-refractivity contribution in [2.45, 2.75) is 58.0 Å². The van der Waals surface area contributed by atoms with E-state index in [0.717, 1.165) is 52.9 Å². The Morgan fingerprint density at radius 1 is 1.11 bits per heavy atom. The molecule has 1 amide bonds. The van der Waals surface area contributed by atoms with Crippen LogP contribution in [0.2, 0.25) is 0 Å². The zero-order valence-electron chi connectivity index (χ0n) is 20.7. The Kier molecular flexibility index (Phi) is 6.80. The quantitative estimate of drug-likeness (QED) is 0.392. The number of phenolic OH excluding ortho intramolecular Hbond substituents is 1. The molecule has 3 heterocycles. The van der Waals surface area contributed by atoms with Crippen LogP contribution in [0.25, 0.3) is 0 Å². The summed E-state index contributed by atoms with van der Waals surface area (Å²) in [5.74, 6) is 0.287. The van der Waals surface area contributed by atoms with Gasteiger partial charge in [-0.2, -0.15) is 5.10 Å². The number of phenols is 1. The molecule has 0 saturated carbocycles. The number of rotatable bonds is 7. The number of nitrogens with zero attached hydrogens (tertiary/aromatic N) is 5. The number of pyridine rings is 2. The Hall–Kier alpha value is -4.00. The number of hydrogen-bond acceptors (Lipinski definition) is 5. The molecule has 1 unspecified atom stereocenters. The van der Waals surface area contributed by atoms with Crippen LogP contribution < -0.4 is 4.90 Å². The lowest BCUT2D eigenvalue weighted by molar-refractivity contribution is -0.120. The molecule has 36 heavy (non-hydrogen) atoms. The van der Waals surface area contributed by atoms with Crippen LogP contribution in [0.5, 0.6) is 5.75 Å². The third kappa shape index (κ3) is 5.00. The first kappa shape index (κ1) is 23.7. The average molecular weight is 482 g/mol. The number of carbonyl (C=O) groups is 1. The van der Waals surface area contributed by atoms with E-state index in [1.807, 2.05) is 64.6 Å². The molecule has 1 N–H and O–H groups in total. The van der Waals surface area contributed by atoms with E-state index in [1.54, 1.807) is 18.5 Å². The van der Waals surface area contributed by atoms with Gasteiger partial charge in [-0.1, -0.05) is 32.0 Å². The van der Waals surface area contributed by atoms with Crippen LogP contribution in [-0.2, 0) is 24.3 Å². The topological polar surface area (TPSA) is 84.1 Å². The number of carbonyl (C=O) groups excluding carboxylic acids is 1. The van der Waals surface area contributed by atoms with Gasteiger partial charge in [-0.05, 0) is 66.1 Å². The lowest BCUT2D eigenvalue weighted by Gasteiger charge is -2.31. The lowest BCUT2D eigenvalue weighted by atomic mass is 9.81. The van der Waals surface area contributed by atoms with Gasteiger partial charge in [-0.25, -0.2) is 0 Å². The average Bonchev–Trinajstić information content (AvgIpc) is 3.34. The number of fused-ring (bicyclic) bond motifs is 1. The fourth-order valence-corrected chi connectivity index (χ4v) is 4.90. The normalized spacial score (nSPS) is 15.0. The molecule has 7 heteroatoms. The van der Waals surface area contributed by atoms with E-state index >= 15 is 0 Å². The SMILES string of the molecule is CC(C)c1ccc(N(Cc2cnn(Cc3cccnc3)c2)C(=O)C2CCCc3c(O)cccc32)cn1. The number of benzene rings is 1. The molecule has 0 spiro atoms. The van der Waals surface area contributed by atoms with Gasteiger partial charge in [0.05, 0.1) is 37.1 Å². The first-order valence-corrected chi connectivity index (χ1v) is 12.5. The number of anilines is 1. The van der Waals surface area contributed by atoms with Gasteiger partial charge in [0.2, 0.25) is 5.91 Å². The highest BCUT2D eigenvalue weighted by atomic mass is 16.3. The van der Waals surface area contributed by atoms with Crippen molar-refractivity contribution < 1.29 is 9.90 Å². The molecule has 4 aromatic rings. The highest BCUT2D eigenvalue weighted by molar-refractivity contribution is 5.98. The summed E-state index contributed by atoms with van der Waals surface area (Å²) in [5, 5.41) is 14.9. The van der Waals surface area contributed by atoms with E-state index in [0.29, 0.717) is 19.0 Å². The van der Waals surface area contributed by atoms with Crippen molar-refractivity contribution in [2.75, 3.05) is 4.90 Å². The zero-order chi connectivity index (χ0) is 25.1. The van der Waals surface area contributed by atoms with Gasteiger partial charge in [0.15, 0.2) is 0 Å². The van der Waals surface area contributed by atoms with Gasteiger partial charge in [0.1, 0.15) is 5.75 Å². The van der Waals surface area contributed by atoms with Crippen molar-refractivity contribution in [1.82, 2.24) is 19.7 Å². The maximum absolute atomic E-state index is 14.1. The Morgan fingerprint density at radius 3 is 2.75 bits per heavy atom. The molecule has 0 fully saturated rings. The summed E-state index contributed by atoms with van der Waals surface area (Å²) in [7, 11) is 0. The fraction of sp³-hybridized carbons (Fsp3) is 0.310.